The zero-order chi connectivity index (χ0) is 24.0. The summed E-state index contributed by atoms with van der Waals surface area (Å²) in [6, 6.07) is 6.73. The molecule has 7 nitrogen and oxygen atoms in total. The number of rotatable bonds is 6. The van der Waals surface area contributed by atoms with Crippen LogP contribution in [0, 0.1) is 11.7 Å². The summed E-state index contributed by atoms with van der Waals surface area (Å²) in [7, 11) is -4.21. The summed E-state index contributed by atoms with van der Waals surface area (Å²) < 4.78 is 49.1. The average molecular weight is 487 g/mol. The quantitative estimate of drug-likeness (QED) is 0.631. The van der Waals surface area contributed by atoms with Crippen molar-refractivity contribution in [2.75, 3.05) is 31.0 Å². The average Bonchev–Trinajstić information content (AvgIpc) is 3.58. The highest BCUT2D eigenvalue weighted by molar-refractivity contribution is 7.92. The Hall–Kier alpha value is -2.91. The zero-order valence-electron chi connectivity index (χ0n) is 18.9. The first-order chi connectivity index (χ1) is 16.3. The maximum atomic E-state index is 14.1. The molecule has 1 saturated heterocycles. The van der Waals surface area contributed by atoms with Crippen LogP contribution >= 0.6 is 0 Å². The molecule has 0 bridgehead atoms. The summed E-state index contributed by atoms with van der Waals surface area (Å²) in [5.74, 6) is -0.913. The van der Waals surface area contributed by atoms with Gasteiger partial charge in [-0.3, -0.25) is 9.62 Å². The first-order valence-electron chi connectivity index (χ1n) is 11.5. The second kappa shape index (κ2) is 8.70. The Morgan fingerprint density at radius 2 is 2.15 bits per heavy atom. The van der Waals surface area contributed by atoms with Gasteiger partial charge in [0.05, 0.1) is 17.2 Å². The number of likely N-dealkylation sites (tertiary alicyclic amines) is 1. The molecule has 2 N–H and O–H groups in total. The van der Waals surface area contributed by atoms with Crippen LogP contribution in [0.4, 0.5) is 10.1 Å². The van der Waals surface area contributed by atoms with Crippen LogP contribution in [-0.2, 0) is 10.0 Å². The van der Waals surface area contributed by atoms with Gasteiger partial charge >= 0.3 is 5.97 Å². The molecule has 1 aliphatic carbocycles. The third kappa shape index (κ3) is 4.30. The normalized spacial score (nSPS) is 23.1. The molecule has 2 atom stereocenters. The number of carboxylic acid groups (broad SMARTS) is 1. The number of likely N-dealkylation sites (N-methyl/N-ethyl adjacent to an activating group) is 1. The van der Waals surface area contributed by atoms with E-state index in [1.165, 1.54) is 18.2 Å². The molecule has 0 unspecified atom stereocenters. The molecule has 2 aromatic carbocycles. The molecule has 34 heavy (non-hydrogen) atoms. The second-order valence-corrected chi connectivity index (χ2v) is 10.8. The van der Waals surface area contributed by atoms with Crippen LogP contribution in [0.3, 0.4) is 0 Å². The van der Waals surface area contributed by atoms with E-state index < -0.39 is 21.8 Å². The van der Waals surface area contributed by atoms with E-state index in [1.807, 2.05) is 0 Å². The minimum atomic E-state index is -4.21. The van der Waals surface area contributed by atoms with Gasteiger partial charge in [0.25, 0.3) is 10.0 Å². The predicted molar refractivity (Wildman–Crippen MR) is 126 cm³/mol. The van der Waals surface area contributed by atoms with Crippen molar-refractivity contribution in [3.05, 3.63) is 58.4 Å². The van der Waals surface area contributed by atoms with Gasteiger partial charge in [0.2, 0.25) is 0 Å². The molecule has 2 fully saturated rings. The minimum Gasteiger partial charge on any atom is -0.492 e. The highest BCUT2D eigenvalue weighted by atomic mass is 32.2. The van der Waals surface area contributed by atoms with Crippen molar-refractivity contribution in [3.8, 4) is 5.75 Å². The van der Waals surface area contributed by atoms with Crippen LogP contribution in [0.5, 0.6) is 5.75 Å². The van der Waals surface area contributed by atoms with Gasteiger partial charge in [-0.1, -0.05) is 24.6 Å². The number of halogens is 1. The summed E-state index contributed by atoms with van der Waals surface area (Å²) in [6.07, 6.45) is 4.45. The smallest absolute Gasteiger partial charge is 0.341 e. The van der Waals surface area contributed by atoms with E-state index in [9.17, 15) is 22.7 Å². The van der Waals surface area contributed by atoms with Crippen LogP contribution in [0.25, 0.3) is 6.08 Å². The number of hydrogen-bond acceptors (Lipinski definition) is 5. The van der Waals surface area contributed by atoms with Gasteiger partial charge in [0, 0.05) is 12.5 Å². The lowest BCUT2D eigenvalue weighted by Crippen LogP contribution is -2.30. The number of piperidine rings is 1. The van der Waals surface area contributed by atoms with E-state index >= 15 is 0 Å². The number of benzene rings is 2. The highest BCUT2D eigenvalue weighted by Crippen LogP contribution is 2.55. The van der Waals surface area contributed by atoms with E-state index in [-0.39, 0.29) is 33.4 Å². The van der Waals surface area contributed by atoms with E-state index in [0.29, 0.717) is 19.1 Å². The fourth-order valence-corrected chi connectivity index (χ4v) is 6.25. The monoisotopic (exact) mass is 486 g/mol. The molecule has 5 rings (SSSR count). The number of nitrogens with one attached hydrogen (secondary N) is 1. The molecule has 2 aromatic rings. The SMILES string of the molecule is CCN1CCC/C(=C/c2cc(F)ccc2S(=O)(=O)Nc2ccc3c(c2C(=O)O)OC[C@@H]2C[C@H]32)C1. The summed E-state index contributed by atoms with van der Waals surface area (Å²) in [5, 5.41) is 9.87. The Bertz CT molecular complexity index is 1290. The second-order valence-electron chi connectivity index (χ2n) is 9.19. The minimum absolute atomic E-state index is 0.0666. The van der Waals surface area contributed by atoms with Crippen LogP contribution in [0.2, 0.25) is 0 Å². The van der Waals surface area contributed by atoms with Gasteiger partial charge in [-0.25, -0.2) is 17.6 Å². The first kappa shape index (κ1) is 22.9. The first-order valence-corrected chi connectivity index (χ1v) is 13.0. The standard InChI is InChI=1S/C25H27FN2O5S/c1-2-28-9-3-4-15(13-28)10-16-11-18(26)5-8-22(16)34(31,32)27-21-7-6-19-20-12-17(20)14-33-24(19)23(21)25(29)30/h5-8,10-11,17,20,27H,2-4,9,12-14H2,1H3,(H,29,30)/b15-10-/t17-,20-/m0/s1. The molecule has 0 aromatic heterocycles. The van der Waals surface area contributed by atoms with Gasteiger partial charge < -0.3 is 9.84 Å². The van der Waals surface area contributed by atoms with E-state index in [1.54, 1.807) is 12.1 Å². The fraction of sp³-hybridized carbons (Fsp3) is 0.400. The number of anilines is 1. The lowest BCUT2D eigenvalue weighted by Gasteiger charge is -2.27. The Kier molecular flexibility index (Phi) is 5.85. The van der Waals surface area contributed by atoms with Crippen molar-refractivity contribution in [3.63, 3.8) is 0 Å². The van der Waals surface area contributed by atoms with E-state index in [0.717, 1.165) is 49.6 Å². The summed E-state index contributed by atoms with van der Waals surface area (Å²) in [4.78, 5) is 14.2. The van der Waals surface area contributed by atoms with Crippen LogP contribution in [0.15, 0.2) is 40.8 Å². The van der Waals surface area contributed by atoms with E-state index in [4.69, 9.17) is 4.74 Å². The van der Waals surface area contributed by atoms with Crippen LogP contribution in [-0.4, -0.2) is 50.6 Å². The number of hydrogen-bond donors (Lipinski definition) is 2. The summed E-state index contributed by atoms with van der Waals surface area (Å²) >= 11 is 0. The Balaban J connectivity index is 1.52. The lowest BCUT2D eigenvalue weighted by atomic mass is 10.0. The number of nitrogens with zero attached hydrogens (tertiary/aromatic N) is 1. The van der Waals surface area contributed by atoms with Gasteiger partial charge in [-0.05, 0) is 73.7 Å². The molecule has 180 valence electrons. The van der Waals surface area contributed by atoms with Gasteiger partial charge in [-0.15, -0.1) is 0 Å². The third-order valence-electron chi connectivity index (χ3n) is 6.88. The number of aromatic carboxylic acids is 1. The largest absolute Gasteiger partial charge is 0.492 e. The molecular formula is C25H27FN2O5S. The number of carbonyl (C=O) groups is 1. The summed E-state index contributed by atoms with van der Waals surface area (Å²) in [6.45, 7) is 5.06. The van der Waals surface area contributed by atoms with Crippen molar-refractivity contribution in [1.82, 2.24) is 4.90 Å². The van der Waals surface area contributed by atoms with Gasteiger partial charge in [0.1, 0.15) is 17.1 Å². The number of ether oxygens (including phenoxy) is 1. The van der Waals surface area contributed by atoms with Crippen molar-refractivity contribution >= 4 is 27.8 Å². The van der Waals surface area contributed by atoms with Crippen LogP contribution < -0.4 is 9.46 Å². The van der Waals surface area contributed by atoms with Gasteiger partial charge in [0.15, 0.2) is 0 Å². The topological polar surface area (TPSA) is 95.9 Å². The number of fused-ring (bicyclic) bond motifs is 3. The maximum absolute atomic E-state index is 14.1. The molecular weight excluding hydrogens is 459 g/mol. The molecule has 0 amide bonds. The molecule has 1 saturated carbocycles. The zero-order valence-corrected chi connectivity index (χ0v) is 19.7. The third-order valence-corrected chi connectivity index (χ3v) is 8.32. The number of sulfonamides is 1. The lowest BCUT2D eigenvalue weighted by molar-refractivity contribution is 0.0692. The van der Waals surface area contributed by atoms with Crippen molar-refractivity contribution < 1.29 is 27.4 Å². The van der Waals surface area contributed by atoms with Crippen molar-refractivity contribution in [2.24, 2.45) is 5.92 Å². The molecule has 9 heteroatoms. The van der Waals surface area contributed by atoms with Crippen molar-refractivity contribution in [1.29, 1.82) is 0 Å². The molecule has 0 radical (unpaired) electrons. The molecule has 2 aliphatic heterocycles. The maximum Gasteiger partial charge on any atom is 0.341 e. The van der Waals surface area contributed by atoms with Crippen molar-refractivity contribution in [2.45, 2.75) is 37.0 Å². The van der Waals surface area contributed by atoms with Gasteiger partial charge in [-0.2, -0.15) is 0 Å². The Morgan fingerprint density at radius 1 is 1.32 bits per heavy atom. The predicted octanol–water partition coefficient (Wildman–Crippen LogP) is 4.32. The van der Waals surface area contributed by atoms with E-state index in [2.05, 4.69) is 16.5 Å². The molecule has 3 aliphatic rings. The molecule has 0 spiro atoms. The Labute approximate surface area is 198 Å². The summed E-state index contributed by atoms with van der Waals surface area (Å²) in [5.41, 5.74) is 1.82. The number of carboxylic acids is 1. The highest BCUT2D eigenvalue weighted by Gasteiger charge is 2.45. The van der Waals surface area contributed by atoms with Crippen LogP contribution in [0.1, 0.15) is 53.6 Å². The molecule has 2 heterocycles. The Morgan fingerprint density at radius 3 is 2.91 bits per heavy atom. The fourth-order valence-electron chi connectivity index (χ4n) is 5.01.